The van der Waals surface area contributed by atoms with Crippen LogP contribution in [-0.2, 0) is 24.6 Å². The molecule has 6 atom stereocenters. The quantitative estimate of drug-likeness (QED) is 0.0906. The highest BCUT2D eigenvalue weighted by molar-refractivity contribution is 6.30. The largest absolute Gasteiger partial charge is 0.508 e. The summed E-state index contributed by atoms with van der Waals surface area (Å²) >= 11 is 6.40. The number of benzene rings is 5. The van der Waals surface area contributed by atoms with Gasteiger partial charge < -0.3 is 10.0 Å². The lowest BCUT2D eigenvalue weighted by molar-refractivity contribution is -0.138. The number of fused-ring (bicyclic) bond motifs is 4. The van der Waals surface area contributed by atoms with Gasteiger partial charge >= 0.3 is 0 Å². The van der Waals surface area contributed by atoms with E-state index >= 15 is 4.79 Å². The number of phenols is 1. The second kappa shape index (κ2) is 14.9. The van der Waals surface area contributed by atoms with E-state index in [2.05, 4.69) is 15.7 Å². The van der Waals surface area contributed by atoms with Crippen LogP contribution in [0.4, 0.5) is 32.8 Å². The molecule has 0 bridgehead atoms. The standard InChI is InChI=1S/C47H40ClFN6O5/c1-26-24-27(4-23-40(26)56)42-36-21-22-37-41(45(59)54(43(37)57)35-19-15-32(16-20-35)51-50-31-13-17-34(18-14-31)53(2)3)38(36)25-39-44(58)55(52-33-11-9-30(49)10-12-33)46(60)47(39,42)28-5-7-29(48)8-6-28/h4-21,23-24,37-39,41-42,52,56H,22,25H2,1-3H3/t37-,38+,39-,41-,42-,47+/m0/s1. The smallest absolute Gasteiger partial charge is 0.260 e. The van der Waals surface area contributed by atoms with E-state index in [-0.39, 0.29) is 30.4 Å². The monoisotopic (exact) mass is 822 g/mol. The Morgan fingerprint density at radius 3 is 2.08 bits per heavy atom. The Balaban J connectivity index is 1.10. The lowest BCUT2D eigenvalue weighted by Crippen LogP contribution is -2.53. The number of aryl methyl sites for hydroxylation is 1. The van der Waals surface area contributed by atoms with Crippen molar-refractivity contribution >= 4 is 63.7 Å². The Hall–Kier alpha value is -6.66. The zero-order valence-electron chi connectivity index (χ0n) is 32.9. The van der Waals surface area contributed by atoms with Crippen LogP contribution in [0.1, 0.15) is 35.4 Å². The number of carbonyl (C=O) groups excluding carboxylic acids is 4. The number of azo groups is 1. The number of nitrogens with one attached hydrogen (secondary N) is 1. The molecule has 11 nitrogen and oxygen atoms in total. The van der Waals surface area contributed by atoms with E-state index in [0.29, 0.717) is 44.5 Å². The summed E-state index contributed by atoms with van der Waals surface area (Å²) in [5, 5.41) is 20.8. The maximum absolute atomic E-state index is 15.3. The summed E-state index contributed by atoms with van der Waals surface area (Å²) in [5.41, 5.74) is 6.95. The van der Waals surface area contributed by atoms with Gasteiger partial charge in [0.1, 0.15) is 11.6 Å². The SMILES string of the molecule is Cc1cc([C@H]2C3=CC[C@@H]4C(=O)N(c5ccc(N=Nc6ccc(N(C)C)cc6)cc5)C(=O)[C@@H]4[C@@H]3C[C@H]3C(=O)N(Nc4ccc(F)cc4)C(=O)[C@@]23c2ccc(Cl)cc2)ccc1O. The molecule has 4 amide bonds. The zero-order chi connectivity index (χ0) is 42.0. The van der Waals surface area contributed by atoms with Crippen molar-refractivity contribution < 1.29 is 28.7 Å². The minimum absolute atomic E-state index is 0.0627. The highest BCUT2D eigenvalue weighted by Crippen LogP contribution is 2.64. The number of nitrogens with zero attached hydrogens (tertiary/aromatic N) is 5. The molecule has 0 unspecified atom stereocenters. The third-order valence-corrected chi connectivity index (χ3v) is 12.8. The van der Waals surface area contributed by atoms with E-state index in [0.717, 1.165) is 16.3 Å². The summed E-state index contributed by atoms with van der Waals surface area (Å²) in [6, 6.07) is 31.7. The van der Waals surface area contributed by atoms with Crippen molar-refractivity contribution in [3.8, 4) is 5.75 Å². The van der Waals surface area contributed by atoms with Gasteiger partial charge in [-0.05, 0) is 133 Å². The second-order valence-electron chi connectivity index (χ2n) is 16.1. The Labute approximate surface area is 350 Å². The first-order chi connectivity index (χ1) is 28.9. The highest BCUT2D eigenvalue weighted by atomic mass is 35.5. The normalized spacial score (nSPS) is 24.7. The van der Waals surface area contributed by atoms with Crippen molar-refractivity contribution in [3.05, 3.63) is 154 Å². The third kappa shape index (κ3) is 6.24. The number of carbonyl (C=O) groups is 4. The van der Waals surface area contributed by atoms with Crippen LogP contribution in [0.3, 0.4) is 0 Å². The van der Waals surface area contributed by atoms with Gasteiger partial charge in [-0.25, -0.2) is 4.39 Å². The number of hydrogen-bond donors (Lipinski definition) is 2. The summed E-state index contributed by atoms with van der Waals surface area (Å²) in [4.78, 5) is 62.5. The molecular weight excluding hydrogens is 783 g/mol. The number of hydrogen-bond acceptors (Lipinski definition) is 9. The molecule has 2 saturated heterocycles. The Morgan fingerprint density at radius 1 is 0.800 bits per heavy atom. The first-order valence-electron chi connectivity index (χ1n) is 19.7. The van der Waals surface area contributed by atoms with Crippen molar-refractivity contribution in [1.82, 2.24) is 5.01 Å². The van der Waals surface area contributed by atoms with Gasteiger partial charge in [0.2, 0.25) is 11.8 Å². The van der Waals surface area contributed by atoms with Crippen molar-refractivity contribution in [2.24, 2.45) is 33.9 Å². The second-order valence-corrected chi connectivity index (χ2v) is 16.5. The molecule has 60 heavy (non-hydrogen) atoms. The maximum Gasteiger partial charge on any atom is 0.260 e. The zero-order valence-corrected chi connectivity index (χ0v) is 33.7. The number of phenolic OH excluding ortho intramolecular Hbond substituents is 1. The van der Waals surface area contributed by atoms with Crippen molar-refractivity contribution in [2.75, 3.05) is 29.3 Å². The van der Waals surface area contributed by atoms with E-state index < -0.39 is 52.6 Å². The average molecular weight is 823 g/mol. The highest BCUT2D eigenvalue weighted by Gasteiger charge is 2.70. The molecule has 2 N–H and O–H groups in total. The maximum atomic E-state index is 15.3. The first kappa shape index (κ1) is 38.8. The molecule has 2 aliphatic heterocycles. The predicted octanol–water partition coefficient (Wildman–Crippen LogP) is 9.16. The molecule has 5 aromatic carbocycles. The molecular formula is C47H40ClFN6O5. The Morgan fingerprint density at radius 2 is 1.45 bits per heavy atom. The molecule has 4 aliphatic rings. The van der Waals surface area contributed by atoms with Crippen molar-refractivity contribution in [3.63, 3.8) is 0 Å². The van der Waals surface area contributed by atoms with Gasteiger partial charge in [-0.2, -0.15) is 15.2 Å². The number of anilines is 3. The number of rotatable bonds is 8. The van der Waals surface area contributed by atoms with Crippen LogP contribution in [-0.4, -0.2) is 47.8 Å². The van der Waals surface area contributed by atoms with Crippen LogP contribution in [0, 0.1) is 36.4 Å². The summed E-state index contributed by atoms with van der Waals surface area (Å²) in [6.45, 7) is 1.76. The fourth-order valence-corrected chi connectivity index (χ4v) is 9.87. The van der Waals surface area contributed by atoms with Gasteiger partial charge in [0.15, 0.2) is 0 Å². The van der Waals surface area contributed by atoms with Crippen LogP contribution in [0.5, 0.6) is 5.75 Å². The van der Waals surface area contributed by atoms with Crippen LogP contribution >= 0.6 is 11.6 Å². The van der Waals surface area contributed by atoms with Gasteiger partial charge in [-0.1, -0.05) is 47.5 Å². The van der Waals surface area contributed by atoms with E-state index in [1.165, 1.54) is 29.2 Å². The molecule has 5 aromatic rings. The van der Waals surface area contributed by atoms with Crippen molar-refractivity contribution in [2.45, 2.75) is 31.1 Å². The topological polar surface area (TPSA) is 135 Å². The molecule has 13 heteroatoms. The Kier molecular flexibility index (Phi) is 9.62. The molecule has 0 aromatic heterocycles. The van der Waals surface area contributed by atoms with Gasteiger partial charge in [-0.15, -0.1) is 0 Å². The Bertz CT molecular complexity index is 2620. The molecule has 3 fully saturated rings. The lowest BCUT2D eigenvalue weighted by Gasteiger charge is -2.50. The van der Waals surface area contributed by atoms with Crippen LogP contribution < -0.4 is 15.2 Å². The molecule has 1 saturated carbocycles. The lowest BCUT2D eigenvalue weighted by atomic mass is 9.49. The first-order valence-corrected chi connectivity index (χ1v) is 20.1. The number of imide groups is 2. The van der Waals surface area contributed by atoms with Gasteiger partial charge in [0, 0.05) is 30.7 Å². The molecule has 302 valence electrons. The number of hydrazine groups is 1. The van der Waals surface area contributed by atoms with E-state index in [1.54, 1.807) is 67.6 Å². The predicted molar refractivity (Wildman–Crippen MR) is 226 cm³/mol. The van der Waals surface area contributed by atoms with Gasteiger partial charge in [0.05, 0.1) is 45.9 Å². The molecule has 0 spiro atoms. The fourth-order valence-electron chi connectivity index (χ4n) is 9.74. The van der Waals surface area contributed by atoms with E-state index in [4.69, 9.17) is 11.6 Å². The summed E-state index contributed by atoms with van der Waals surface area (Å²) < 4.78 is 13.9. The van der Waals surface area contributed by atoms with Crippen LogP contribution in [0.25, 0.3) is 0 Å². The molecule has 0 radical (unpaired) electrons. The van der Waals surface area contributed by atoms with Crippen LogP contribution in [0.2, 0.25) is 5.02 Å². The van der Waals surface area contributed by atoms with Gasteiger partial charge in [0.25, 0.3) is 11.8 Å². The van der Waals surface area contributed by atoms with Crippen LogP contribution in [0.15, 0.2) is 137 Å². The summed E-state index contributed by atoms with van der Waals surface area (Å²) in [5.74, 6) is -6.07. The fraction of sp³-hybridized carbons (Fsp3) is 0.234. The van der Waals surface area contributed by atoms with E-state index in [1.807, 2.05) is 55.4 Å². The minimum Gasteiger partial charge on any atom is -0.508 e. The van der Waals surface area contributed by atoms with Gasteiger partial charge in [-0.3, -0.25) is 29.5 Å². The average Bonchev–Trinajstić information content (AvgIpc) is 3.63. The summed E-state index contributed by atoms with van der Waals surface area (Å²) in [6.07, 6.45) is 2.31. The molecule has 2 heterocycles. The number of allylic oxidation sites excluding steroid dienone is 2. The number of amides is 4. The molecule has 9 rings (SSSR count). The summed E-state index contributed by atoms with van der Waals surface area (Å²) in [7, 11) is 3.91. The molecule has 2 aliphatic carbocycles. The third-order valence-electron chi connectivity index (χ3n) is 12.6. The number of halogens is 2. The van der Waals surface area contributed by atoms with Crippen molar-refractivity contribution in [1.29, 1.82) is 0 Å². The minimum atomic E-state index is -1.53. The van der Waals surface area contributed by atoms with E-state index in [9.17, 15) is 23.9 Å². The number of aromatic hydroxyl groups is 1.